The van der Waals surface area contributed by atoms with E-state index in [1.165, 1.54) is 18.4 Å². The van der Waals surface area contributed by atoms with Crippen molar-refractivity contribution in [1.82, 2.24) is 25.1 Å². The molecule has 0 saturated carbocycles. The standard InChI is InChI=1S/C9H15N5O3S/c1-6-11-12-8(18-6)14(16)5-13(3)4-7(14)17-9(15)10-2/h7H,4-5H2,1-3H3,(H,10,15). The summed E-state index contributed by atoms with van der Waals surface area (Å²) in [6.45, 7) is 2.34. The van der Waals surface area contributed by atoms with E-state index in [1.54, 1.807) is 18.9 Å². The van der Waals surface area contributed by atoms with Crippen LogP contribution < -0.4 is 9.96 Å². The smallest absolute Gasteiger partial charge is 0.411 e. The number of likely N-dealkylation sites (N-methyl/N-ethyl adjacent to an activating group) is 1. The molecule has 2 unspecified atom stereocenters. The number of rotatable bonds is 2. The molecule has 0 aliphatic carbocycles. The number of hydrogen-bond acceptors (Lipinski definition) is 7. The van der Waals surface area contributed by atoms with Crippen LogP contribution in [0.15, 0.2) is 0 Å². The molecular formula is C9H15N5O3S. The molecule has 1 aliphatic rings. The lowest BCUT2D eigenvalue weighted by molar-refractivity contribution is 0.0472. The summed E-state index contributed by atoms with van der Waals surface area (Å²) < 4.78 is 4.32. The highest BCUT2D eigenvalue weighted by Crippen LogP contribution is 2.33. The minimum Gasteiger partial charge on any atom is -0.622 e. The Bertz CT molecular complexity index is 453. The second kappa shape index (κ2) is 4.76. The van der Waals surface area contributed by atoms with Crippen LogP contribution in [0, 0.1) is 12.1 Å². The number of aryl methyl sites for hydroxylation is 1. The van der Waals surface area contributed by atoms with E-state index >= 15 is 0 Å². The number of carbonyl (C=O) groups excluding carboxylic acids is 1. The Kier molecular flexibility index (Phi) is 3.48. The average molecular weight is 273 g/mol. The summed E-state index contributed by atoms with van der Waals surface area (Å²) in [7, 11) is 3.25. The normalized spacial score (nSPS) is 28.3. The second-order valence-corrected chi connectivity index (χ2v) is 5.35. The lowest BCUT2D eigenvalue weighted by atomic mass is 10.5. The minimum absolute atomic E-state index is 0.191. The Morgan fingerprint density at radius 2 is 2.39 bits per heavy atom. The predicted molar refractivity (Wildman–Crippen MR) is 66.6 cm³/mol. The quantitative estimate of drug-likeness (QED) is 0.613. The fraction of sp³-hybridized carbons (Fsp3) is 0.667. The van der Waals surface area contributed by atoms with Crippen molar-refractivity contribution >= 4 is 22.6 Å². The first-order valence-corrected chi connectivity index (χ1v) is 6.23. The van der Waals surface area contributed by atoms with Gasteiger partial charge in [-0.15, -0.1) is 5.10 Å². The Labute approximate surface area is 108 Å². The van der Waals surface area contributed by atoms with E-state index in [-0.39, 0.29) is 6.67 Å². The molecule has 100 valence electrons. The monoisotopic (exact) mass is 273 g/mol. The highest BCUT2D eigenvalue weighted by Gasteiger charge is 2.45. The Morgan fingerprint density at radius 3 is 2.94 bits per heavy atom. The van der Waals surface area contributed by atoms with Gasteiger partial charge in [0.25, 0.3) is 6.23 Å². The zero-order chi connectivity index (χ0) is 13.3. The SMILES string of the molecule is CNC(=O)OC1CN(C)C[N+]1([O-])c1nnc(C)s1. The van der Waals surface area contributed by atoms with Gasteiger partial charge in [-0.25, -0.2) is 9.69 Å². The Morgan fingerprint density at radius 1 is 1.67 bits per heavy atom. The van der Waals surface area contributed by atoms with Gasteiger partial charge >= 0.3 is 11.2 Å². The summed E-state index contributed by atoms with van der Waals surface area (Å²) in [5.74, 6) is 0. The summed E-state index contributed by atoms with van der Waals surface area (Å²) in [5.41, 5.74) is 0. The molecule has 9 heteroatoms. The molecule has 0 bridgehead atoms. The number of aromatic nitrogens is 2. The second-order valence-electron chi connectivity index (χ2n) is 4.19. The molecule has 1 aromatic heterocycles. The lowest BCUT2D eigenvalue weighted by Crippen LogP contribution is -2.51. The van der Waals surface area contributed by atoms with Gasteiger partial charge in [0.05, 0.1) is 6.54 Å². The number of carbonyl (C=O) groups is 1. The van der Waals surface area contributed by atoms with Crippen molar-refractivity contribution in [2.75, 3.05) is 27.3 Å². The van der Waals surface area contributed by atoms with Gasteiger partial charge in [-0.05, 0) is 25.3 Å². The van der Waals surface area contributed by atoms with Crippen LogP contribution in [-0.4, -0.2) is 54.7 Å². The van der Waals surface area contributed by atoms with E-state index in [0.717, 1.165) is 0 Å². The molecule has 1 aromatic rings. The first-order chi connectivity index (χ1) is 8.45. The van der Waals surface area contributed by atoms with Gasteiger partial charge in [-0.1, -0.05) is 5.10 Å². The molecule has 1 saturated heterocycles. The number of nitrogens with zero attached hydrogens (tertiary/aromatic N) is 4. The van der Waals surface area contributed by atoms with Gasteiger partial charge in [0.15, 0.2) is 0 Å². The van der Waals surface area contributed by atoms with Gasteiger partial charge in [-0.3, -0.25) is 4.65 Å². The van der Waals surface area contributed by atoms with E-state index in [2.05, 4.69) is 15.5 Å². The summed E-state index contributed by atoms with van der Waals surface area (Å²) >= 11 is 1.22. The van der Waals surface area contributed by atoms with E-state index in [9.17, 15) is 10.0 Å². The van der Waals surface area contributed by atoms with Crippen LogP contribution in [-0.2, 0) is 4.74 Å². The Hall–Kier alpha value is -1.29. The largest absolute Gasteiger partial charge is 0.622 e. The van der Waals surface area contributed by atoms with Crippen LogP contribution in [0.5, 0.6) is 0 Å². The third kappa shape index (κ3) is 2.29. The fourth-order valence-electron chi connectivity index (χ4n) is 1.83. The van der Waals surface area contributed by atoms with Gasteiger partial charge < -0.3 is 15.3 Å². The number of ether oxygens (including phenoxy) is 1. The molecule has 1 fully saturated rings. The van der Waals surface area contributed by atoms with Crippen LogP contribution in [0.3, 0.4) is 0 Å². The highest BCUT2D eigenvalue weighted by atomic mass is 32.1. The van der Waals surface area contributed by atoms with Crippen molar-refractivity contribution in [3.8, 4) is 0 Å². The third-order valence-electron chi connectivity index (χ3n) is 2.67. The molecule has 1 aliphatic heterocycles. The minimum atomic E-state index is -0.817. The summed E-state index contributed by atoms with van der Waals surface area (Å²) in [4.78, 5) is 13.1. The zero-order valence-electron chi connectivity index (χ0n) is 10.4. The van der Waals surface area contributed by atoms with Crippen molar-refractivity contribution in [1.29, 1.82) is 0 Å². The summed E-state index contributed by atoms with van der Waals surface area (Å²) in [5, 5.41) is 23.9. The highest BCUT2D eigenvalue weighted by molar-refractivity contribution is 7.15. The third-order valence-corrected chi connectivity index (χ3v) is 3.62. The predicted octanol–water partition coefficient (Wildman–Crippen LogP) is 0.237. The molecule has 0 aromatic carbocycles. The van der Waals surface area contributed by atoms with Crippen LogP contribution in [0.4, 0.5) is 9.93 Å². The van der Waals surface area contributed by atoms with Crippen molar-refractivity contribution in [3.05, 3.63) is 10.2 Å². The van der Waals surface area contributed by atoms with Crippen LogP contribution in [0.1, 0.15) is 5.01 Å². The number of nitrogens with one attached hydrogen (secondary N) is 1. The van der Waals surface area contributed by atoms with E-state index in [0.29, 0.717) is 16.7 Å². The maximum atomic E-state index is 12.8. The number of hydrogen-bond donors (Lipinski definition) is 1. The molecule has 8 nitrogen and oxygen atoms in total. The molecule has 2 atom stereocenters. The average Bonchev–Trinajstić information content (AvgIpc) is 2.85. The van der Waals surface area contributed by atoms with Gasteiger partial charge in [0, 0.05) is 7.05 Å². The van der Waals surface area contributed by atoms with Gasteiger partial charge in [-0.2, -0.15) is 0 Å². The molecule has 1 N–H and O–H groups in total. The summed E-state index contributed by atoms with van der Waals surface area (Å²) in [6, 6.07) is 0. The molecule has 0 radical (unpaired) electrons. The first kappa shape index (κ1) is 13.1. The molecule has 1 amide bonds. The maximum absolute atomic E-state index is 12.8. The fourth-order valence-corrected chi connectivity index (χ4v) is 2.59. The van der Waals surface area contributed by atoms with Crippen LogP contribution in [0.25, 0.3) is 0 Å². The molecule has 2 rings (SSSR count). The molecule has 2 heterocycles. The van der Waals surface area contributed by atoms with E-state index in [1.807, 2.05) is 0 Å². The zero-order valence-corrected chi connectivity index (χ0v) is 11.2. The Balaban J connectivity index is 2.25. The number of amides is 1. The van der Waals surface area contributed by atoms with Crippen molar-refractivity contribution in [2.45, 2.75) is 13.2 Å². The maximum Gasteiger partial charge on any atom is 0.411 e. The van der Waals surface area contributed by atoms with Crippen LogP contribution in [0.2, 0.25) is 0 Å². The molecular weight excluding hydrogens is 258 g/mol. The molecule has 0 spiro atoms. The van der Waals surface area contributed by atoms with Crippen LogP contribution >= 0.6 is 11.3 Å². The topological polar surface area (TPSA) is 90.4 Å². The number of alkyl carbamates (subject to hydrolysis) is 1. The summed E-state index contributed by atoms with van der Waals surface area (Å²) in [6.07, 6.45) is -1.43. The van der Waals surface area contributed by atoms with Gasteiger partial charge in [0.1, 0.15) is 11.7 Å². The van der Waals surface area contributed by atoms with E-state index in [4.69, 9.17) is 4.74 Å². The lowest BCUT2D eigenvalue weighted by Gasteiger charge is -2.37. The van der Waals surface area contributed by atoms with Crippen molar-refractivity contribution < 1.29 is 9.53 Å². The molecule has 18 heavy (non-hydrogen) atoms. The number of hydroxylamine groups is 2. The van der Waals surface area contributed by atoms with Crippen molar-refractivity contribution in [2.24, 2.45) is 0 Å². The number of quaternary nitrogens is 1. The van der Waals surface area contributed by atoms with Crippen molar-refractivity contribution in [3.63, 3.8) is 0 Å². The van der Waals surface area contributed by atoms with E-state index < -0.39 is 17.0 Å². The van der Waals surface area contributed by atoms with Gasteiger partial charge in [0.2, 0.25) is 0 Å². The first-order valence-electron chi connectivity index (χ1n) is 5.42.